The molecule has 0 spiro atoms. The number of ketones is 1. The van der Waals surface area contributed by atoms with Gasteiger partial charge in [0, 0.05) is 12.0 Å². The summed E-state index contributed by atoms with van der Waals surface area (Å²) in [4.78, 5) is 12.8. The Morgan fingerprint density at radius 1 is 0.750 bits per heavy atom. The molecule has 1 heteroatoms. The van der Waals surface area contributed by atoms with E-state index in [-0.39, 0.29) is 11.2 Å². The van der Waals surface area contributed by atoms with Gasteiger partial charge in [-0.2, -0.15) is 0 Å². The summed E-state index contributed by atoms with van der Waals surface area (Å²) in [5, 5.41) is 0. The highest BCUT2D eigenvalue weighted by Gasteiger charge is 2.45. The van der Waals surface area contributed by atoms with E-state index in [1.54, 1.807) is 0 Å². The second-order valence-corrected chi connectivity index (χ2v) is 6.72. The van der Waals surface area contributed by atoms with Crippen LogP contribution in [0.3, 0.4) is 0 Å². The van der Waals surface area contributed by atoms with Crippen LogP contribution in [0.25, 0.3) is 0 Å². The predicted molar refractivity (Wildman–Crippen MR) is 97.6 cm³/mol. The predicted octanol–water partition coefficient (Wildman–Crippen LogP) is 5.22. The van der Waals surface area contributed by atoms with E-state index in [1.165, 1.54) is 22.3 Å². The maximum absolute atomic E-state index is 12.8. The maximum Gasteiger partial charge on any atom is 0.164 e. The van der Waals surface area contributed by atoms with E-state index in [0.717, 1.165) is 11.1 Å². The van der Waals surface area contributed by atoms with Crippen LogP contribution in [0.1, 0.15) is 44.6 Å². The molecule has 0 bridgehead atoms. The first kappa shape index (κ1) is 14.9. The van der Waals surface area contributed by atoms with E-state index in [2.05, 4.69) is 62.4 Å². The largest absolute Gasteiger partial charge is 0.294 e. The highest BCUT2D eigenvalue weighted by Crippen LogP contribution is 2.49. The van der Waals surface area contributed by atoms with Crippen LogP contribution < -0.4 is 0 Å². The molecule has 0 aliphatic heterocycles. The fourth-order valence-electron chi connectivity index (χ4n) is 3.94. The zero-order chi connectivity index (χ0) is 16.7. The maximum atomic E-state index is 12.8. The minimum absolute atomic E-state index is 0.229. The lowest BCUT2D eigenvalue weighted by Gasteiger charge is -2.32. The summed E-state index contributed by atoms with van der Waals surface area (Å²) in [5.74, 6) is 0.229. The lowest BCUT2D eigenvalue weighted by atomic mass is 9.70. The average Bonchev–Trinajstić information content (AvgIpc) is 2.92. The zero-order valence-electron chi connectivity index (χ0n) is 14.0. The van der Waals surface area contributed by atoms with E-state index in [9.17, 15) is 4.79 Å². The molecule has 0 radical (unpaired) electrons. The number of aryl methyl sites for hydroxylation is 2. The summed E-state index contributed by atoms with van der Waals surface area (Å²) in [6.45, 7) is 4.27. The molecule has 1 aliphatic rings. The van der Waals surface area contributed by atoms with E-state index < -0.39 is 0 Å². The van der Waals surface area contributed by atoms with Crippen molar-refractivity contribution in [3.63, 3.8) is 0 Å². The minimum atomic E-state index is -0.382. The molecule has 24 heavy (non-hydrogen) atoms. The normalized spacial score (nSPS) is 19.3. The third kappa shape index (κ3) is 2.05. The molecule has 0 N–H and O–H groups in total. The van der Waals surface area contributed by atoms with Gasteiger partial charge in [0.05, 0.1) is 5.41 Å². The molecule has 118 valence electrons. The summed E-state index contributed by atoms with van der Waals surface area (Å²) in [6.07, 6.45) is 0.499. The van der Waals surface area contributed by atoms with Gasteiger partial charge in [0.25, 0.3) is 0 Å². The van der Waals surface area contributed by atoms with Gasteiger partial charge in [-0.15, -0.1) is 0 Å². The molecule has 0 heterocycles. The molecule has 1 unspecified atom stereocenters. The Morgan fingerprint density at radius 3 is 2.21 bits per heavy atom. The Morgan fingerprint density at radius 2 is 1.46 bits per heavy atom. The van der Waals surface area contributed by atoms with Crippen LogP contribution in [0, 0.1) is 13.8 Å². The number of hydrogen-bond donors (Lipinski definition) is 0. The van der Waals surface area contributed by atoms with Crippen molar-refractivity contribution >= 4 is 5.78 Å². The first-order valence-electron chi connectivity index (χ1n) is 8.39. The molecule has 0 saturated heterocycles. The van der Waals surface area contributed by atoms with Crippen molar-refractivity contribution in [3.05, 3.63) is 106 Å². The highest BCUT2D eigenvalue weighted by molar-refractivity contribution is 6.03. The molecule has 0 saturated carbocycles. The van der Waals surface area contributed by atoms with Gasteiger partial charge in [-0.05, 0) is 41.7 Å². The van der Waals surface area contributed by atoms with Gasteiger partial charge in [-0.25, -0.2) is 0 Å². The van der Waals surface area contributed by atoms with Crippen LogP contribution in [-0.2, 0) is 5.41 Å². The lowest BCUT2D eigenvalue weighted by Crippen LogP contribution is -2.27. The van der Waals surface area contributed by atoms with Crippen molar-refractivity contribution in [1.82, 2.24) is 0 Å². The molecule has 0 aromatic heterocycles. The average molecular weight is 312 g/mol. The fourth-order valence-corrected chi connectivity index (χ4v) is 3.94. The van der Waals surface area contributed by atoms with Crippen molar-refractivity contribution in [2.75, 3.05) is 0 Å². The van der Waals surface area contributed by atoms with Gasteiger partial charge in [0.15, 0.2) is 5.78 Å². The Kier molecular flexibility index (Phi) is 3.38. The van der Waals surface area contributed by atoms with Crippen LogP contribution in [0.15, 0.2) is 72.8 Å². The molecule has 4 rings (SSSR count). The Labute approximate surface area is 143 Å². The summed E-state index contributed by atoms with van der Waals surface area (Å²) >= 11 is 0. The van der Waals surface area contributed by atoms with Crippen molar-refractivity contribution in [2.45, 2.75) is 25.7 Å². The summed E-state index contributed by atoms with van der Waals surface area (Å²) < 4.78 is 0. The first-order chi connectivity index (χ1) is 11.6. The van der Waals surface area contributed by atoms with Crippen molar-refractivity contribution in [1.29, 1.82) is 0 Å². The summed E-state index contributed by atoms with van der Waals surface area (Å²) in [6, 6.07) is 25.1. The van der Waals surface area contributed by atoms with E-state index >= 15 is 0 Å². The highest BCUT2D eigenvalue weighted by atomic mass is 16.1. The number of hydrogen-bond acceptors (Lipinski definition) is 1. The second kappa shape index (κ2) is 5.45. The van der Waals surface area contributed by atoms with Crippen LogP contribution in [0.2, 0.25) is 0 Å². The molecular formula is C23H20O. The van der Waals surface area contributed by atoms with E-state index in [4.69, 9.17) is 0 Å². The van der Waals surface area contributed by atoms with Crippen LogP contribution >= 0.6 is 0 Å². The van der Waals surface area contributed by atoms with Gasteiger partial charge in [0.1, 0.15) is 0 Å². The van der Waals surface area contributed by atoms with Crippen LogP contribution in [0.4, 0.5) is 0 Å². The topological polar surface area (TPSA) is 17.1 Å². The van der Waals surface area contributed by atoms with E-state index in [0.29, 0.717) is 6.42 Å². The summed E-state index contributed by atoms with van der Waals surface area (Å²) in [5.41, 5.74) is 6.54. The van der Waals surface area contributed by atoms with Gasteiger partial charge in [-0.3, -0.25) is 4.79 Å². The standard InChI is InChI=1S/C23H20O/c1-16-12-13-19(14-17(16)2)23(18-8-4-3-5-9-18)15-22(24)20-10-6-7-11-21(20)23/h3-14H,15H2,1-2H3. The van der Waals surface area contributed by atoms with Crippen molar-refractivity contribution < 1.29 is 4.79 Å². The third-order valence-corrected chi connectivity index (χ3v) is 5.38. The monoisotopic (exact) mass is 312 g/mol. The fraction of sp³-hybridized carbons (Fsp3) is 0.174. The first-order valence-corrected chi connectivity index (χ1v) is 8.39. The van der Waals surface area contributed by atoms with Gasteiger partial charge in [-0.1, -0.05) is 72.8 Å². The Hall–Kier alpha value is -2.67. The quantitative estimate of drug-likeness (QED) is 0.633. The van der Waals surface area contributed by atoms with Crippen molar-refractivity contribution in [3.8, 4) is 0 Å². The van der Waals surface area contributed by atoms with Crippen LogP contribution in [-0.4, -0.2) is 5.78 Å². The van der Waals surface area contributed by atoms with E-state index in [1.807, 2.05) is 24.3 Å². The molecule has 1 atom stereocenters. The number of carbonyl (C=O) groups excluding carboxylic acids is 1. The smallest absolute Gasteiger partial charge is 0.164 e. The van der Waals surface area contributed by atoms with Gasteiger partial charge >= 0.3 is 0 Å². The second-order valence-electron chi connectivity index (χ2n) is 6.72. The molecule has 3 aromatic carbocycles. The zero-order valence-corrected chi connectivity index (χ0v) is 14.0. The lowest BCUT2D eigenvalue weighted by molar-refractivity contribution is 0.0984. The van der Waals surface area contributed by atoms with Gasteiger partial charge in [0.2, 0.25) is 0 Å². The molecule has 0 fully saturated rings. The number of rotatable bonds is 2. The number of benzene rings is 3. The number of carbonyl (C=O) groups is 1. The molecule has 1 nitrogen and oxygen atoms in total. The molecule has 3 aromatic rings. The molecule has 1 aliphatic carbocycles. The third-order valence-electron chi connectivity index (χ3n) is 5.38. The minimum Gasteiger partial charge on any atom is -0.294 e. The number of Topliss-reactive ketones (excluding diaryl/α,β-unsaturated/α-hetero) is 1. The summed E-state index contributed by atoms with van der Waals surface area (Å²) in [7, 11) is 0. The van der Waals surface area contributed by atoms with Gasteiger partial charge < -0.3 is 0 Å². The molecular weight excluding hydrogens is 292 g/mol. The Balaban J connectivity index is 2.06. The number of fused-ring (bicyclic) bond motifs is 1. The molecule has 0 amide bonds. The Bertz CT molecular complexity index is 924. The van der Waals surface area contributed by atoms with Crippen LogP contribution in [0.5, 0.6) is 0 Å². The SMILES string of the molecule is Cc1ccc(C2(c3ccccc3)CC(=O)c3ccccc32)cc1C. The van der Waals surface area contributed by atoms with Crippen molar-refractivity contribution in [2.24, 2.45) is 0 Å².